The van der Waals surface area contributed by atoms with Crippen LogP contribution in [-0.2, 0) is 11.8 Å². The minimum atomic E-state index is -0.884. The van der Waals surface area contributed by atoms with Gasteiger partial charge in [0, 0.05) is 18.4 Å². The number of carboxylic acid groups (broad SMARTS) is 1. The van der Waals surface area contributed by atoms with Crippen molar-refractivity contribution in [1.82, 2.24) is 14.8 Å². The summed E-state index contributed by atoms with van der Waals surface area (Å²) >= 11 is 1.46. The highest BCUT2D eigenvalue weighted by atomic mass is 32.2. The van der Waals surface area contributed by atoms with Gasteiger partial charge in [-0.05, 0) is 13.8 Å². The second kappa shape index (κ2) is 4.97. The Labute approximate surface area is 92.2 Å². The van der Waals surface area contributed by atoms with E-state index in [9.17, 15) is 4.79 Å². The average Bonchev–Trinajstić information content (AvgIpc) is 2.49. The lowest BCUT2D eigenvalue weighted by Gasteiger charge is -1.98. The minimum absolute atomic E-state index is 0.349. The Morgan fingerprint density at radius 2 is 2.27 bits per heavy atom. The molecule has 0 spiro atoms. The summed E-state index contributed by atoms with van der Waals surface area (Å²) in [5.41, 5.74) is 0.349. The van der Waals surface area contributed by atoms with Gasteiger partial charge in [-0.3, -0.25) is 0 Å². The quantitative estimate of drug-likeness (QED) is 0.619. The monoisotopic (exact) mass is 227 g/mol. The number of hydrogen-bond acceptors (Lipinski definition) is 4. The lowest BCUT2D eigenvalue weighted by atomic mass is 10.3. The summed E-state index contributed by atoms with van der Waals surface area (Å²) < 4.78 is 1.87. The zero-order chi connectivity index (χ0) is 11.4. The highest BCUT2D eigenvalue weighted by molar-refractivity contribution is 7.99. The zero-order valence-electron chi connectivity index (χ0n) is 8.89. The fraction of sp³-hybridized carbons (Fsp3) is 0.444. The molecule has 0 bridgehead atoms. The summed E-state index contributed by atoms with van der Waals surface area (Å²) in [5, 5.41) is 17.3. The molecule has 1 rings (SSSR count). The van der Waals surface area contributed by atoms with Crippen molar-refractivity contribution >= 4 is 17.7 Å². The molecule has 1 N–H and O–H groups in total. The number of nitrogens with zero attached hydrogens (tertiary/aromatic N) is 3. The van der Waals surface area contributed by atoms with Crippen molar-refractivity contribution in [2.24, 2.45) is 7.05 Å². The second-order valence-electron chi connectivity index (χ2n) is 3.09. The molecule has 6 heteroatoms. The maximum absolute atomic E-state index is 10.5. The number of aryl methyl sites for hydroxylation is 1. The van der Waals surface area contributed by atoms with Gasteiger partial charge in [0.05, 0.1) is 0 Å². The van der Waals surface area contributed by atoms with Crippen molar-refractivity contribution in [2.45, 2.75) is 19.0 Å². The highest BCUT2D eigenvalue weighted by Gasteiger charge is 2.04. The second-order valence-corrected chi connectivity index (χ2v) is 4.08. The molecule has 0 aromatic carbocycles. The van der Waals surface area contributed by atoms with Crippen LogP contribution >= 0.6 is 11.8 Å². The van der Waals surface area contributed by atoms with E-state index in [1.807, 2.05) is 18.5 Å². The fourth-order valence-electron chi connectivity index (χ4n) is 0.842. The first-order valence-electron chi connectivity index (χ1n) is 4.41. The molecule has 0 amide bonds. The average molecular weight is 227 g/mol. The van der Waals surface area contributed by atoms with E-state index in [-0.39, 0.29) is 0 Å². The van der Waals surface area contributed by atoms with Crippen molar-refractivity contribution in [2.75, 3.05) is 5.75 Å². The number of carbonyl (C=O) groups is 1. The highest BCUT2D eigenvalue weighted by Crippen LogP contribution is 2.15. The minimum Gasteiger partial charge on any atom is -0.478 e. The van der Waals surface area contributed by atoms with E-state index in [2.05, 4.69) is 10.2 Å². The van der Waals surface area contributed by atoms with Crippen LogP contribution in [0.3, 0.4) is 0 Å². The number of carboxylic acids is 1. The summed E-state index contributed by atoms with van der Waals surface area (Å²) in [6, 6.07) is 0. The van der Waals surface area contributed by atoms with Crippen LogP contribution in [0.4, 0.5) is 0 Å². The SMILES string of the molecule is CC(=CCSc1nnc(C)n1C)C(=O)O. The largest absolute Gasteiger partial charge is 0.478 e. The van der Waals surface area contributed by atoms with Crippen LogP contribution < -0.4 is 0 Å². The molecule has 0 saturated heterocycles. The topological polar surface area (TPSA) is 68.0 Å². The molecule has 5 nitrogen and oxygen atoms in total. The van der Waals surface area contributed by atoms with E-state index in [0.29, 0.717) is 11.3 Å². The lowest BCUT2D eigenvalue weighted by Crippen LogP contribution is -1.97. The normalized spacial score (nSPS) is 11.8. The molecule has 0 aliphatic carbocycles. The van der Waals surface area contributed by atoms with E-state index in [1.54, 1.807) is 13.0 Å². The van der Waals surface area contributed by atoms with E-state index in [4.69, 9.17) is 5.11 Å². The number of aliphatic carboxylic acids is 1. The summed E-state index contributed by atoms with van der Waals surface area (Å²) in [5.74, 6) is 0.547. The standard InChI is InChI=1S/C9H13N3O2S/c1-6(8(13)14)4-5-15-9-11-10-7(2)12(9)3/h4H,5H2,1-3H3,(H,13,14). The molecule has 0 aliphatic heterocycles. The van der Waals surface area contributed by atoms with Gasteiger partial charge in [-0.15, -0.1) is 10.2 Å². The molecule has 0 fully saturated rings. The molecule has 0 aliphatic rings. The summed E-state index contributed by atoms with van der Waals surface area (Å²) in [6.07, 6.45) is 1.66. The Bertz CT molecular complexity index is 398. The predicted molar refractivity (Wildman–Crippen MR) is 57.9 cm³/mol. The maximum atomic E-state index is 10.5. The zero-order valence-corrected chi connectivity index (χ0v) is 9.71. The van der Waals surface area contributed by atoms with Crippen molar-refractivity contribution in [3.63, 3.8) is 0 Å². The van der Waals surface area contributed by atoms with Gasteiger partial charge in [0.1, 0.15) is 5.82 Å². The molecule has 1 aromatic rings. The van der Waals surface area contributed by atoms with Crippen LogP contribution in [0, 0.1) is 6.92 Å². The van der Waals surface area contributed by atoms with Crippen LogP contribution in [0.2, 0.25) is 0 Å². The van der Waals surface area contributed by atoms with Crippen molar-refractivity contribution in [1.29, 1.82) is 0 Å². The Morgan fingerprint density at radius 3 is 2.73 bits per heavy atom. The predicted octanol–water partition coefficient (Wildman–Crippen LogP) is 1.25. The van der Waals surface area contributed by atoms with Gasteiger partial charge in [0.25, 0.3) is 0 Å². The summed E-state index contributed by atoms with van der Waals surface area (Å²) in [4.78, 5) is 10.5. The molecule has 1 aromatic heterocycles. The number of aromatic nitrogens is 3. The first kappa shape index (κ1) is 11.8. The number of rotatable bonds is 4. The van der Waals surface area contributed by atoms with Crippen LogP contribution in [0.1, 0.15) is 12.7 Å². The maximum Gasteiger partial charge on any atom is 0.330 e. The third-order valence-corrected chi connectivity index (χ3v) is 2.94. The van der Waals surface area contributed by atoms with Crippen molar-refractivity contribution in [3.05, 3.63) is 17.5 Å². The van der Waals surface area contributed by atoms with Crippen LogP contribution in [0.25, 0.3) is 0 Å². The first-order chi connectivity index (χ1) is 7.02. The summed E-state index contributed by atoms with van der Waals surface area (Å²) in [6.45, 7) is 3.44. The van der Waals surface area contributed by atoms with Crippen molar-refractivity contribution < 1.29 is 9.90 Å². The van der Waals surface area contributed by atoms with Gasteiger partial charge < -0.3 is 9.67 Å². The molecule has 0 unspecified atom stereocenters. The molecule has 1 heterocycles. The van der Waals surface area contributed by atoms with Gasteiger partial charge in [0.15, 0.2) is 5.16 Å². The van der Waals surface area contributed by atoms with Gasteiger partial charge in [-0.25, -0.2) is 4.79 Å². The third-order valence-electron chi connectivity index (χ3n) is 1.99. The summed E-state index contributed by atoms with van der Waals surface area (Å²) in [7, 11) is 1.88. The Kier molecular flexibility index (Phi) is 3.90. The van der Waals surface area contributed by atoms with Gasteiger partial charge in [0.2, 0.25) is 0 Å². The molecule has 0 atom stereocenters. The third kappa shape index (κ3) is 3.09. The first-order valence-corrected chi connectivity index (χ1v) is 5.39. The molecule has 0 radical (unpaired) electrons. The van der Waals surface area contributed by atoms with Crippen LogP contribution in [-0.4, -0.2) is 31.6 Å². The molecule has 0 saturated carbocycles. The van der Waals surface area contributed by atoms with E-state index in [1.165, 1.54) is 11.8 Å². The van der Waals surface area contributed by atoms with E-state index >= 15 is 0 Å². The Morgan fingerprint density at radius 1 is 1.60 bits per heavy atom. The van der Waals surface area contributed by atoms with Gasteiger partial charge >= 0.3 is 5.97 Å². The van der Waals surface area contributed by atoms with Gasteiger partial charge in [-0.2, -0.15) is 0 Å². The fourth-order valence-corrected chi connectivity index (χ4v) is 1.75. The Balaban J connectivity index is 2.55. The molecule has 15 heavy (non-hydrogen) atoms. The molecule has 82 valence electrons. The number of hydrogen-bond donors (Lipinski definition) is 1. The number of thioether (sulfide) groups is 1. The van der Waals surface area contributed by atoms with E-state index < -0.39 is 5.97 Å². The lowest BCUT2D eigenvalue weighted by molar-refractivity contribution is -0.132. The van der Waals surface area contributed by atoms with Crippen LogP contribution in [0.15, 0.2) is 16.8 Å². The van der Waals surface area contributed by atoms with E-state index in [0.717, 1.165) is 11.0 Å². The Hall–Kier alpha value is -1.30. The van der Waals surface area contributed by atoms with Crippen LogP contribution in [0.5, 0.6) is 0 Å². The van der Waals surface area contributed by atoms with Crippen molar-refractivity contribution in [3.8, 4) is 0 Å². The molecular formula is C9H13N3O2S. The van der Waals surface area contributed by atoms with Gasteiger partial charge in [-0.1, -0.05) is 17.8 Å². The molecular weight excluding hydrogens is 214 g/mol. The smallest absolute Gasteiger partial charge is 0.330 e.